The second-order valence-corrected chi connectivity index (χ2v) is 5.08. The highest BCUT2D eigenvalue weighted by molar-refractivity contribution is 6.20. The number of benzene rings is 1. The van der Waals surface area contributed by atoms with Crippen LogP contribution in [0.3, 0.4) is 0 Å². The van der Waals surface area contributed by atoms with E-state index in [2.05, 4.69) is 5.32 Å². The highest BCUT2D eigenvalue weighted by Crippen LogP contribution is 2.23. The molecule has 0 heterocycles. The van der Waals surface area contributed by atoms with Crippen LogP contribution < -0.4 is 11.1 Å². The molecule has 0 saturated heterocycles. The van der Waals surface area contributed by atoms with E-state index in [1.807, 2.05) is 0 Å². The number of alkyl halides is 1. The Bertz CT molecular complexity index is 484. The third kappa shape index (κ3) is 3.01. The summed E-state index contributed by atoms with van der Waals surface area (Å²) in [7, 11) is 0. The summed E-state index contributed by atoms with van der Waals surface area (Å²) in [5.74, 6) is -0.490. The molecule has 3 N–H and O–H groups in total. The molecule has 0 aliphatic carbocycles. The second-order valence-electron chi connectivity index (χ2n) is 4.81. The summed E-state index contributed by atoms with van der Waals surface area (Å²) in [5, 5.41) is 2.77. The molecule has 0 saturated carbocycles. The number of nitrogens with two attached hydrogens (primary N) is 1. The zero-order valence-corrected chi connectivity index (χ0v) is 11.5. The fourth-order valence-corrected chi connectivity index (χ4v) is 1.51. The van der Waals surface area contributed by atoms with Gasteiger partial charge in [-0.05, 0) is 38.5 Å². The summed E-state index contributed by atoms with van der Waals surface area (Å²) in [6.45, 7) is 5.24. The van der Waals surface area contributed by atoms with Gasteiger partial charge in [0.05, 0.1) is 5.41 Å². The summed E-state index contributed by atoms with van der Waals surface area (Å²) >= 11 is 5.74. The average molecular weight is 269 g/mol. The second kappa shape index (κ2) is 5.40. The Morgan fingerprint density at radius 3 is 2.50 bits per heavy atom. The van der Waals surface area contributed by atoms with Crippen LogP contribution in [0.15, 0.2) is 18.2 Å². The van der Waals surface area contributed by atoms with Crippen molar-refractivity contribution in [3.8, 4) is 0 Å². The lowest BCUT2D eigenvalue weighted by atomic mass is 9.94. The fraction of sp³-hybridized carbons (Fsp3) is 0.385. The van der Waals surface area contributed by atoms with Crippen molar-refractivity contribution in [2.45, 2.75) is 20.8 Å². The van der Waals surface area contributed by atoms with Crippen LogP contribution in [-0.2, 0) is 4.79 Å². The Hall–Kier alpha value is -1.55. The van der Waals surface area contributed by atoms with Gasteiger partial charge in [0.25, 0.3) is 0 Å². The number of anilines is 1. The molecule has 4 nitrogen and oxygen atoms in total. The van der Waals surface area contributed by atoms with Crippen LogP contribution in [0.5, 0.6) is 0 Å². The first-order valence-electron chi connectivity index (χ1n) is 5.56. The Kier molecular flexibility index (Phi) is 4.35. The maximum Gasteiger partial charge on any atom is 0.249 e. The number of primary amides is 1. The predicted molar refractivity (Wildman–Crippen MR) is 72.8 cm³/mol. The van der Waals surface area contributed by atoms with E-state index in [-0.39, 0.29) is 11.8 Å². The van der Waals surface area contributed by atoms with Gasteiger partial charge >= 0.3 is 0 Å². The van der Waals surface area contributed by atoms with E-state index in [1.54, 1.807) is 39.0 Å². The zero-order valence-electron chi connectivity index (χ0n) is 10.7. The van der Waals surface area contributed by atoms with E-state index in [0.29, 0.717) is 16.8 Å². The first-order chi connectivity index (χ1) is 8.29. The first kappa shape index (κ1) is 14.5. The lowest BCUT2D eigenvalue weighted by Gasteiger charge is -2.21. The Morgan fingerprint density at radius 2 is 2.00 bits per heavy atom. The predicted octanol–water partition coefficient (Wildman–Crippen LogP) is 2.30. The summed E-state index contributed by atoms with van der Waals surface area (Å²) in [6, 6.07) is 5.03. The van der Waals surface area contributed by atoms with Gasteiger partial charge < -0.3 is 11.1 Å². The minimum absolute atomic E-state index is 0.192. The Labute approximate surface area is 112 Å². The van der Waals surface area contributed by atoms with E-state index in [4.69, 9.17) is 17.3 Å². The lowest BCUT2D eigenvalue weighted by molar-refractivity contribution is -0.122. The van der Waals surface area contributed by atoms with Crippen LogP contribution in [-0.4, -0.2) is 17.7 Å². The molecule has 5 heteroatoms. The minimum Gasteiger partial charge on any atom is -0.366 e. The number of amides is 2. The van der Waals surface area contributed by atoms with Gasteiger partial charge in [0.2, 0.25) is 11.8 Å². The van der Waals surface area contributed by atoms with Crippen LogP contribution in [0.25, 0.3) is 0 Å². The fourth-order valence-electron chi connectivity index (χ4n) is 1.39. The largest absolute Gasteiger partial charge is 0.366 e. The van der Waals surface area contributed by atoms with Crippen LogP contribution in [0.1, 0.15) is 29.8 Å². The van der Waals surface area contributed by atoms with Crippen LogP contribution >= 0.6 is 11.6 Å². The summed E-state index contributed by atoms with van der Waals surface area (Å²) in [5.41, 5.74) is 6.22. The van der Waals surface area contributed by atoms with E-state index in [0.717, 1.165) is 0 Å². The minimum atomic E-state index is -0.670. The number of halogens is 1. The maximum atomic E-state index is 12.0. The van der Waals surface area contributed by atoms with Gasteiger partial charge in [-0.25, -0.2) is 0 Å². The first-order valence-corrected chi connectivity index (χ1v) is 6.10. The van der Waals surface area contributed by atoms with Crippen molar-refractivity contribution in [3.05, 3.63) is 29.3 Å². The summed E-state index contributed by atoms with van der Waals surface area (Å²) < 4.78 is 0. The molecule has 0 unspecified atom stereocenters. The topological polar surface area (TPSA) is 72.2 Å². The van der Waals surface area contributed by atoms with Gasteiger partial charge in [-0.2, -0.15) is 0 Å². The molecule has 0 atom stereocenters. The van der Waals surface area contributed by atoms with Crippen LogP contribution in [0.4, 0.5) is 5.69 Å². The Balaban J connectivity index is 3.03. The summed E-state index contributed by atoms with van der Waals surface area (Å²) in [4.78, 5) is 23.2. The van der Waals surface area contributed by atoms with Crippen molar-refractivity contribution < 1.29 is 9.59 Å². The van der Waals surface area contributed by atoms with E-state index in [9.17, 15) is 9.59 Å². The maximum absolute atomic E-state index is 12.0. The smallest absolute Gasteiger partial charge is 0.249 e. The molecule has 98 valence electrons. The van der Waals surface area contributed by atoms with Gasteiger partial charge in [-0.15, -0.1) is 11.6 Å². The van der Waals surface area contributed by atoms with E-state index < -0.39 is 11.3 Å². The van der Waals surface area contributed by atoms with Crippen molar-refractivity contribution in [2.24, 2.45) is 11.1 Å². The molecule has 0 fully saturated rings. The van der Waals surface area contributed by atoms with Gasteiger partial charge in [-0.3, -0.25) is 9.59 Å². The van der Waals surface area contributed by atoms with Crippen molar-refractivity contribution in [1.82, 2.24) is 0 Å². The molecule has 1 aromatic carbocycles. The third-order valence-electron chi connectivity index (χ3n) is 2.80. The highest BCUT2D eigenvalue weighted by Gasteiger charge is 2.27. The van der Waals surface area contributed by atoms with Crippen molar-refractivity contribution >= 4 is 29.1 Å². The van der Waals surface area contributed by atoms with Gasteiger partial charge in [0.1, 0.15) is 0 Å². The molecule has 0 spiro atoms. The van der Waals surface area contributed by atoms with E-state index >= 15 is 0 Å². The van der Waals surface area contributed by atoms with E-state index in [1.165, 1.54) is 0 Å². The number of carbonyl (C=O) groups is 2. The molecule has 0 bridgehead atoms. The van der Waals surface area contributed by atoms with Crippen molar-refractivity contribution in [3.63, 3.8) is 0 Å². The van der Waals surface area contributed by atoms with Crippen molar-refractivity contribution in [1.29, 1.82) is 0 Å². The number of carbonyl (C=O) groups excluding carboxylic acids is 2. The molecule has 1 aromatic rings. The molecule has 18 heavy (non-hydrogen) atoms. The molecule has 0 radical (unpaired) electrons. The highest BCUT2D eigenvalue weighted by atomic mass is 35.5. The molecule has 0 aromatic heterocycles. The molecular formula is C13H17ClN2O2. The number of nitrogens with one attached hydrogen (secondary N) is 1. The quantitative estimate of drug-likeness (QED) is 0.823. The molecule has 1 rings (SSSR count). The molecule has 0 aliphatic heterocycles. The normalized spacial score (nSPS) is 11.1. The zero-order chi connectivity index (χ0) is 13.9. The van der Waals surface area contributed by atoms with Crippen LogP contribution in [0, 0.1) is 12.3 Å². The number of hydrogen-bond acceptors (Lipinski definition) is 2. The van der Waals surface area contributed by atoms with Crippen molar-refractivity contribution in [2.75, 3.05) is 11.2 Å². The summed E-state index contributed by atoms with van der Waals surface area (Å²) in [6.07, 6.45) is 0. The number of rotatable bonds is 4. The lowest BCUT2D eigenvalue weighted by Crippen LogP contribution is -2.32. The molecule has 0 aliphatic rings. The molecule has 2 amide bonds. The van der Waals surface area contributed by atoms with Gasteiger partial charge in [-0.1, -0.05) is 6.07 Å². The number of hydrogen-bond donors (Lipinski definition) is 2. The van der Waals surface area contributed by atoms with Gasteiger partial charge in [0.15, 0.2) is 0 Å². The van der Waals surface area contributed by atoms with Crippen LogP contribution in [0.2, 0.25) is 0 Å². The standard InChI is InChI=1S/C13H17ClN2O2/c1-8-9(11(15)17)5-4-6-10(8)16-12(18)13(2,3)7-14/h4-6H,7H2,1-3H3,(H2,15,17)(H,16,18). The van der Waals surface area contributed by atoms with Gasteiger partial charge in [0, 0.05) is 17.1 Å². The monoisotopic (exact) mass is 268 g/mol. The average Bonchev–Trinajstić information content (AvgIpc) is 2.31. The Morgan fingerprint density at radius 1 is 1.39 bits per heavy atom. The molecular weight excluding hydrogens is 252 g/mol. The third-order valence-corrected chi connectivity index (χ3v) is 3.46. The SMILES string of the molecule is Cc1c(NC(=O)C(C)(C)CCl)cccc1C(N)=O.